The van der Waals surface area contributed by atoms with Gasteiger partial charge in [0.2, 0.25) is 0 Å². The second-order valence-corrected chi connectivity index (χ2v) is 9.59. The van der Waals surface area contributed by atoms with Gasteiger partial charge in [0.1, 0.15) is 29.3 Å². The van der Waals surface area contributed by atoms with Crippen LogP contribution in [0.3, 0.4) is 0 Å². The first-order valence-electron chi connectivity index (χ1n) is 12.8. The fraction of sp³-hybridized carbons (Fsp3) is 0.233. The molecule has 6 rings (SSSR count). The summed E-state index contributed by atoms with van der Waals surface area (Å²) >= 11 is 0. The zero-order valence-corrected chi connectivity index (χ0v) is 20.6. The number of aromatic nitrogens is 4. The molecule has 3 heterocycles. The lowest BCUT2D eigenvalue weighted by molar-refractivity contribution is 0.294. The molecule has 186 valence electrons. The summed E-state index contributed by atoms with van der Waals surface area (Å²) in [6, 6.07) is 23.0. The van der Waals surface area contributed by atoms with Gasteiger partial charge < -0.3 is 20.4 Å². The van der Waals surface area contributed by atoms with Crippen LogP contribution in [-0.2, 0) is 6.54 Å². The third-order valence-corrected chi connectivity index (χ3v) is 7.22. The van der Waals surface area contributed by atoms with Crippen molar-refractivity contribution < 1.29 is 4.74 Å². The van der Waals surface area contributed by atoms with Gasteiger partial charge in [0.15, 0.2) is 0 Å². The normalized spacial score (nSPS) is 17.6. The second kappa shape index (κ2) is 10.4. The lowest BCUT2D eigenvalue weighted by Gasteiger charge is -2.30. The van der Waals surface area contributed by atoms with Crippen LogP contribution in [0.4, 0.5) is 5.82 Å². The first-order valence-corrected chi connectivity index (χ1v) is 12.8. The van der Waals surface area contributed by atoms with E-state index < -0.39 is 0 Å². The van der Waals surface area contributed by atoms with Crippen molar-refractivity contribution in [1.82, 2.24) is 24.8 Å². The van der Waals surface area contributed by atoms with Gasteiger partial charge in [0.05, 0.1) is 5.39 Å². The van der Waals surface area contributed by atoms with Gasteiger partial charge in [0, 0.05) is 42.8 Å². The van der Waals surface area contributed by atoms with E-state index in [2.05, 4.69) is 55.3 Å². The SMILES string of the molecule is Nc1ncnc2c1c(-c1ccc(Oc3ccccc3)cc1)cn2[C@H]1CC[C@H](NCc2ccncc2)CC1. The van der Waals surface area contributed by atoms with Gasteiger partial charge >= 0.3 is 0 Å². The molecule has 1 aliphatic carbocycles. The molecule has 37 heavy (non-hydrogen) atoms. The molecule has 0 aliphatic heterocycles. The van der Waals surface area contributed by atoms with Gasteiger partial charge in [-0.2, -0.15) is 0 Å². The third kappa shape index (κ3) is 5.04. The molecule has 0 saturated heterocycles. The van der Waals surface area contributed by atoms with Gasteiger partial charge in [-0.15, -0.1) is 0 Å². The highest BCUT2D eigenvalue weighted by Crippen LogP contribution is 2.38. The minimum atomic E-state index is 0.380. The molecule has 0 bridgehead atoms. The van der Waals surface area contributed by atoms with E-state index in [-0.39, 0.29) is 0 Å². The Balaban J connectivity index is 1.20. The molecular weight excluding hydrogens is 460 g/mol. The van der Waals surface area contributed by atoms with Crippen molar-refractivity contribution in [2.24, 2.45) is 0 Å². The topological polar surface area (TPSA) is 90.9 Å². The van der Waals surface area contributed by atoms with Gasteiger partial charge in [-0.3, -0.25) is 4.98 Å². The molecule has 0 atom stereocenters. The van der Waals surface area contributed by atoms with Crippen LogP contribution >= 0.6 is 0 Å². The molecule has 7 nitrogen and oxygen atoms in total. The van der Waals surface area contributed by atoms with E-state index in [0.29, 0.717) is 17.9 Å². The maximum absolute atomic E-state index is 6.38. The highest BCUT2D eigenvalue weighted by atomic mass is 16.5. The number of nitrogens with two attached hydrogens (primary N) is 1. The Kier molecular flexibility index (Phi) is 6.52. The van der Waals surface area contributed by atoms with Crippen molar-refractivity contribution >= 4 is 16.9 Å². The number of hydrogen-bond donors (Lipinski definition) is 2. The summed E-state index contributed by atoms with van der Waals surface area (Å²) in [7, 11) is 0. The smallest absolute Gasteiger partial charge is 0.146 e. The first kappa shape index (κ1) is 23.2. The molecular formula is C30H30N6O. The maximum Gasteiger partial charge on any atom is 0.146 e. The van der Waals surface area contributed by atoms with E-state index in [1.54, 1.807) is 6.33 Å². The van der Waals surface area contributed by atoms with Crippen LogP contribution in [-0.4, -0.2) is 25.6 Å². The fourth-order valence-corrected chi connectivity index (χ4v) is 5.25. The molecule has 3 aromatic heterocycles. The predicted molar refractivity (Wildman–Crippen MR) is 146 cm³/mol. The highest BCUT2D eigenvalue weighted by molar-refractivity contribution is 6.00. The average Bonchev–Trinajstić information content (AvgIpc) is 3.35. The number of pyridine rings is 1. The van der Waals surface area contributed by atoms with Crippen LogP contribution in [0.25, 0.3) is 22.2 Å². The summed E-state index contributed by atoms with van der Waals surface area (Å²) in [6.07, 6.45) is 11.9. The van der Waals surface area contributed by atoms with E-state index in [1.807, 2.05) is 54.9 Å². The molecule has 1 aliphatic rings. The Morgan fingerprint density at radius 3 is 2.35 bits per heavy atom. The van der Waals surface area contributed by atoms with E-state index in [9.17, 15) is 0 Å². The standard InChI is InChI=1S/C30H30N6O/c31-29-28-27(22-6-12-26(13-7-22)37-25-4-2-1-3-5-25)19-36(30(28)35-20-34-29)24-10-8-23(9-11-24)33-18-21-14-16-32-17-15-21/h1-7,12-17,19-20,23-24,33H,8-11,18H2,(H2,31,34,35)/t23-,24-. The fourth-order valence-electron chi connectivity index (χ4n) is 5.25. The summed E-state index contributed by atoms with van der Waals surface area (Å²) in [5.74, 6) is 2.12. The molecule has 1 fully saturated rings. The lowest BCUT2D eigenvalue weighted by atomic mass is 9.91. The van der Waals surface area contributed by atoms with Crippen molar-refractivity contribution in [3.8, 4) is 22.6 Å². The number of nitrogen functional groups attached to an aromatic ring is 1. The molecule has 3 N–H and O–H groups in total. The number of hydrogen-bond acceptors (Lipinski definition) is 6. The van der Waals surface area contributed by atoms with Crippen molar-refractivity contribution in [2.45, 2.75) is 44.3 Å². The Labute approximate surface area is 216 Å². The molecule has 5 aromatic rings. The number of nitrogens with zero attached hydrogens (tertiary/aromatic N) is 4. The molecule has 1 saturated carbocycles. The number of fused-ring (bicyclic) bond motifs is 1. The monoisotopic (exact) mass is 490 g/mol. The van der Waals surface area contributed by atoms with Gasteiger partial charge in [-0.05, 0) is 73.2 Å². The van der Waals surface area contributed by atoms with E-state index in [1.165, 1.54) is 5.56 Å². The van der Waals surface area contributed by atoms with Gasteiger partial charge in [-0.1, -0.05) is 30.3 Å². The molecule has 0 spiro atoms. The summed E-state index contributed by atoms with van der Waals surface area (Å²) in [5, 5.41) is 4.63. The minimum Gasteiger partial charge on any atom is -0.457 e. The number of nitrogens with one attached hydrogen (secondary N) is 1. The maximum atomic E-state index is 6.38. The Morgan fingerprint density at radius 2 is 1.59 bits per heavy atom. The average molecular weight is 491 g/mol. The Morgan fingerprint density at radius 1 is 0.865 bits per heavy atom. The first-order chi connectivity index (χ1) is 18.2. The Bertz CT molecular complexity index is 1460. The van der Waals surface area contributed by atoms with Crippen molar-refractivity contribution in [3.05, 3.63) is 97.2 Å². The molecule has 7 heteroatoms. The molecule has 0 unspecified atom stereocenters. The Hall–Kier alpha value is -4.23. The second-order valence-electron chi connectivity index (χ2n) is 9.59. The van der Waals surface area contributed by atoms with E-state index in [4.69, 9.17) is 10.5 Å². The number of ether oxygens (including phenoxy) is 1. The van der Waals surface area contributed by atoms with Crippen molar-refractivity contribution in [3.63, 3.8) is 0 Å². The number of rotatable bonds is 7. The molecule has 0 amide bonds. The quantitative estimate of drug-likeness (QED) is 0.285. The van der Waals surface area contributed by atoms with Crippen LogP contribution in [0.1, 0.15) is 37.3 Å². The predicted octanol–water partition coefficient (Wildman–Crippen LogP) is 6.14. The van der Waals surface area contributed by atoms with Crippen LogP contribution in [0.15, 0.2) is 91.6 Å². The summed E-state index contributed by atoms with van der Waals surface area (Å²) in [4.78, 5) is 13.1. The summed E-state index contributed by atoms with van der Waals surface area (Å²) < 4.78 is 8.29. The van der Waals surface area contributed by atoms with E-state index in [0.717, 1.165) is 65.9 Å². The summed E-state index contributed by atoms with van der Waals surface area (Å²) in [5.41, 5.74) is 10.7. The minimum absolute atomic E-state index is 0.380. The zero-order valence-electron chi connectivity index (χ0n) is 20.6. The molecule has 2 aromatic carbocycles. The summed E-state index contributed by atoms with van der Waals surface area (Å²) in [6.45, 7) is 0.877. The van der Waals surface area contributed by atoms with Crippen LogP contribution in [0.2, 0.25) is 0 Å². The van der Waals surface area contributed by atoms with Crippen molar-refractivity contribution in [2.75, 3.05) is 5.73 Å². The van der Waals surface area contributed by atoms with Crippen LogP contribution in [0, 0.1) is 0 Å². The lowest BCUT2D eigenvalue weighted by Crippen LogP contribution is -2.33. The van der Waals surface area contributed by atoms with Crippen LogP contribution < -0.4 is 15.8 Å². The number of anilines is 1. The number of para-hydroxylation sites is 1. The molecule has 0 radical (unpaired) electrons. The highest BCUT2D eigenvalue weighted by Gasteiger charge is 2.25. The van der Waals surface area contributed by atoms with Gasteiger partial charge in [0.25, 0.3) is 0 Å². The van der Waals surface area contributed by atoms with Gasteiger partial charge in [-0.25, -0.2) is 9.97 Å². The zero-order chi connectivity index (χ0) is 25.0. The largest absolute Gasteiger partial charge is 0.457 e. The third-order valence-electron chi connectivity index (χ3n) is 7.22. The number of benzene rings is 2. The van der Waals surface area contributed by atoms with E-state index >= 15 is 0 Å². The van der Waals surface area contributed by atoms with Crippen LogP contribution in [0.5, 0.6) is 11.5 Å². The van der Waals surface area contributed by atoms with Crippen molar-refractivity contribution in [1.29, 1.82) is 0 Å².